The van der Waals surface area contributed by atoms with Crippen molar-refractivity contribution in [2.75, 3.05) is 0 Å². The molecule has 1 amide bonds. The summed E-state index contributed by atoms with van der Waals surface area (Å²) in [6.07, 6.45) is 6.60. The molecule has 0 aliphatic heterocycles. The molecule has 21 heavy (non-hydrogen) atoms. The maximum atomic E-state index is 12.5. The molecule has 2 unspecified atom stereocenters. The predicted molar refractivity (Wildman–Crippen MR) is 81.8 cm³/mol. The van der Waals surface area contributed by atoms with Gasteiger partial charge in [-0.15, -0.1) is 11.3 Å². The van der Waals surface area contributed by atoms with Crippen LogP contribution in [0, 0.1) is 5.92 Å². The molecule has 2 aliphatic carbocycles. The molecule has 114 valence electrons. The van der Waals surface area contributed by atoms with Crippen molar-refractivity contribution in [3.8, 4) is 0 Å². The van der Waals surface area contributed by atoms with E-state index in [-0.39, 0.29) is 5.91 Å². The zero-order valence-electron chi connectivity index (χ0n) is 12.3. The monoisotopic (exact) mass is 307 g/mol. The molecule has 0 bridgehead atoms. The van der Waals surface area contributed by atoms with Crippen LogP contribution in [-0.2, 0) is 17.6 Å². The first-order valence-corrected chi connectivity index (χ1v) is 8.48. The van der Waals surface area contributed by atoms with E-state index in [1.165, 1.54) is 16.9 Å². The van der Waals surface area contributed by atoms with Crippen LogP contribution in [0.25, 0.3) is 0 Å². The summed E-state index contributed by atoms with van der Waals surface area (Å²) in [4.78, 5) is 26.0. The van der Waals surface area contributed by atoms with Gasteiger partial charge in [-0.05, 0) is 50.7 Å². The summed E-state index contributed by atoms with van der Waals surface area (Å²) >= 11 is 1.57. The third kappa shape index (κ3) is 2.71. The molecule has 3 rings (SSSR count). The smallest absolute Gasteiger partial charge is 0.308 e. The lowest BCUT2D eigenvalue weighted by atomic mass is 9.74. The fourth-order valence-corrected chi connectivity index (χ4v) is 4.79. The van der Waals surface area contributed by atoms with E-state index in [0.717, 1.165) is 37.0 Å². The number of aryl methyl sites for hydroxylation is 2. The summed E-state index contributed by atoms with van der Waals surface area (Å²) in [7, 11) is 0. The first-order chi connectivity index (χ1) is 9.99. The van der Waals surface area contributed by atoms with Gasteiger partial charge >= 0.3 is 5.97 Å². The van der Waals surface area contributed by atoms with E-state index in [4.69, 9.17) is 0 Å². The highest BCUT2D eigenvalue weighted by atomic mass is 32.1. The predicted octanol–water partition coefficient (Wildman–Crippen LogP) is 3.00. The molecule has 5 heteroatoms. The minimum atomic E-state index is -0.800. The highest BCUT2D eigenvalue weighted by Gasteiger charge is 2.42. The number of rotatable bonds is 3. The van der Waals surface area contributed by atoms with Crippen LogP contribution in [0.15, 0.2) is 6.07 Å². The molecule has 0 saturated heterocycles. The summed E-state index contributed by atoms with van der Waals surface area (Å²) < 4.78 is 0. The first-order valence-electron chi connectivity index (χ1n) is 7.66. The highest BCUT2D eigenvalue weighted by molar-refractivity contribution is 7.14. The number of thiophene rings is 1. The number of carbonyl (C=O) groups is 2. The number of amides is 1. The van der Waals surface area contributed by atoms with E-state index in [1.807, 2.05) is 13.0 Å². The Morgan fingerprint density at radius 2 is 2.14 bits per heavy atom. The van der Waals surface area contributed by atoms with E-state index in [1.54, 1.807) is 11.3 Å². The second kappa shape index (κ2) is 5.44. The Labute approximate surface area is 128 Å². The van der Waals surface area contributed by atoms with Crippen molar-refractivity contribution < 1.29 is 14.7 Å². The summed E-state index contributed by atoms with van der Waals surface area (Å²) in [5.41, 5.74) is 0.670. The molecule has 1 heterocycles. The third-order valence-corrected chi connectivity index (χ3v) is 6.11. The number of nitrogens with one attached hydrogen (secondary N) is 1. The molecule has 0 spiro atoms. The van der Waals surface area contributed by atoms with Crippen molar-refractivity contribution in [2.24, 2.45) is 5.92 Å². The lowest BCUT2D eigenvalue weighted by molar-refractivity contribution is -0.145. The van der Waals surface area contributed by atoms with Crippen molar-refractivity contribution in [2.45, 2.75) is 57.4 Å². The van der Waals surface area contributed by atoms with Gasteiger partial charge in [-0.25, -0.2) is 0 Å². The molecule has 1 saturated carbocycles. The van der Waals surface area contributed by atoms with Gasteiger partial charge < -0.3 is 10.4 Å². The normalized spacial score (nSPS) is 28.1. The van der Waals surface area contributed by atoms with Gasteiger partial charge in [0.25, 0.3) is 5.91 Å². The Hall–Kier alpha value is -1.36. The average molecular weight is 307 g/mol. The number of carbonyl (C=O) groups excluding carboxylic acids is 1. The minimum absolute atomic E-state index is 0.106. The molecule has 0 radical (unpaired) electrons. The van der Waals surface area contributed by atoms with E-state index in [0.29, 0.717) is 6.42 Å². The number of hydrogen-bond donors (Lipinski definition) is 2. The maximum absolute atomic E-state index is 12.5. The van der Waals surface area contributed by atoms with Crippen molar-refractivity contribution in [3.05, 3.63) is 21.4 Å². The summed E-state index contributed by atoms with van der Waals surface area (Å²) in [6.45, 7) is 1.88. The number of carboxylic acids is 1. The van der Waals surface area contributed by atoms with Gasteiger partial charge in [0.1, 0.15) is 0 Å². The Morgan fingerprint density at radius 3 is 2.86 bits per heavy atom. The van der Waals surface area contributed by atoms with E-state index in [2.05, 4.69) is 5.32 Å². The number of aliphatic carboxylic acids is 1. The van der Waals surface area contributed by atoms with Crippen LogP contribution in [0.5, 0.6) is 0 Å². The van der Waals surface area contributed by atoms with Crippen LogP contribution >= 0.6 is 11.3 Å². The summed E-state index contributed by atoms with van der Waals surface area (Å²) in [6, 6.07) is 1.99. The van der Waals surface area contributed by atoms with Crippen LogP contribution in [0.1, 0.15) is 59.1 Å². The topological polar surface area (TPSA) is 66.4 Å². The van der Waals surface area contributed by atoms with Crippen LogP contribution in [-0.4, -0.2) is 22.5 Å². The molecule has 4 nitrogen and oxygen atoms in total. The first kappa shape index (κ1) is 14.6. The molecular weight excluding hydrogens is 286 g/mol. The molecule has 0 aromatic carbocycles. The summed E-state index contributed by atoms with van der Waals surface area (Å²) in [5, 5.41) is 12.4. The zero-order valence-corrected chi connectivity index (χ0v) is 13.1. The Kier molecular flexibility index (Phi) is 3.78. The lowest BCUT2D eigenvalue weighted by Gasteiger charge is -2.39. The van der Waals surface area contributed by atoms with E-state index in [9.17, 15) is 14.7 Å². The van der Waals surface area contributed by atoms with Gasteiger partial charge in [0.2, 0.25) is 0 Å². The molecule has 1 fully saturated rings. The maximum Gasteiger partial charge on any atom is 0.308 e. The van der Waals surface area contributed by atoms with Gasteiger partial charge in [0.15, 0.2) is 0 Å². The van der Waals surface area contributed by atoms with Gasteiger partial charge in [0.05, 0.1) is 16.3 Å². The van der Waals surface area contributed by atoms with E-state index >= 15 is 0 Å². The number of fused-ring (bicyclic) bond motifs is 1. The quantitative estimate of drug-likeness (QED) is 0.902. The molecular formula is C16H21NO3S. The van der Waals surface area contributed by atoms with Crippen molar-refractivity contribution >= 4 is 23.2 Å². The van der Waals surface area contributed by atoms with E-state index < -0.39 is 17.4 Å². The minimum Gasteiger partial charge on any atom is -0.481 e. The summed E-state index contributed by atoms with van der Waals surface area (Å²) in [5.74, 6) is -1.39. The van der Waals surface area contributed by atoms with Crippen molar-refractivity contribution in [1.29, 1.82) is 0 Å². The molecule has 1 aromatic heterocycles. The van der Waals surface area contributed by atoms with Gasteiger partial charge in [-0.3, -0.25) is 9.59 Å². The molecule has 2 atom stereocenters. The molecule has 2 aliphatic rings. The fourth-order valence-electron chi connectivity index (χ4n) is 3.64. The average Bonchev–Trinajstić information content (AvgIpc) is 2.98. The molecule has 2 N–H and O–H groups in total. The third-order valence-electron chi connectivity index (χ3n) is 4.88. The number of hydrogen-bond acceptors (Lipinski definition) is 3. The number of carboxylic acid groups (broad SMARTS) is 1. The van der Waals surface area contributed by atoms with Crippen molar-refractivity contribution in [3.63, 3.8) is 0 Å². The van der Waals surface area contributed by atoms with Crippen LogP contribution in [0.3, 0.4) is 0 Å². The fraction of sp³-hybridized carbons (Fsp3) is 0.625. The second-order valence-corrected chi connectivity index (χ2v) is 7.56. The van der Waals surface area contributed by atoms with Crippen molar-refractivity contribution in [1.82, 2.24) is 5.32 Å². The Morgan fingerprint density at radius 1 is 1.33 bits per heavy atom. The van der Waals surface area contributed by atoms with Crippen LogP contribution in [0.2, 0.25) is 0 Å². The zero-order chi connectivity index (χ0) is 15.0. The standard InChI is InChI=1S/C16H21NO3S/c1-16(8-3-2-6-11(16)15(19)20)17-14(18)13-9-10-5-4-7-12(10)21-13/h9,11H,2-8H2,1H3,(H,17,18)(H,19,20). The highest BCUT2D eigenvalue weighted by Crippen LogP contribution is 2.35. The Balaban J connectivity index is 1.77. The second-order valence-electron chi connectivity index (χ2n) is 6.42. The SMILES string of the molecule is CC1(NC(=O)c2cc3c(s2)CCC3)CCCCC1C(=O)O. The van der Waals surface area contributed by atoms with Crippen LogP contribution in [0.4, 0.5) is 0 Å². The lowest BCUT2D eigenvalue weighted by Crippen LogP contribution is -2.55. The van der Waals surface area contributed by atoms with Crippen LogP contribution < -0.4 is 5.32 Å². The van der Waals surface area contributed by atoms with Gasteiger partial charge in [-0.1, -0.05) is 12.8 Å². The molecule has 1 aromatic rings. The largest absolute Gasteiger partial charge is 0.481 e. The Bertz CT molecular complexity index is 559. The van der Waals surface area contributed by atoms with Gasteiger partial charge in [-0.2, -0.15) is 0 Å². The van der Waals surface area contributed by atoms with Gasteiger partial charge in [0, 0.05) is 4.88 Å².